The van der Waals surface area contributed by atoms with E-state index in [1.54, 1.807) is 12.1 Å². The van der Waals surface area contributed by atoms with Gasteiger partial charge in [-0.05, 0) is 24.6 Å². The second kappa shape index (κ2) is 8.74. The molecule has 1 aromatic rings. The molecule has 0 fully saturated rings. The zero-order chi connectivity index (χ0) is 15.8. The lowest BCUT2D eigenvalue weighted by atomic mass is 10.3. The van der Waals surface area contributed by atoms with E-state index in [0.717, 1.165) is 6.42 Å². The summed E-state index contributed by atoms with van der Waals surface area (Å²) in [5.74, 6) is -0.848. The number of carboxylic acids is 1. The highest BCUT2D eigenvalue weighted by atomic mass is 35.5. The molecule has 0 saturated heterocycles. The van der Waals surface area contributed by atoms with E-state index in [1.165, 1.54) is 11.0 Å². The minimum Gasteiger partial charge on any atom is -0.482 e. The predicted molar refractivity (Wildman–Crippen MR) is 81.1 cm³/mol. The van der Waals surface area contributed by atoms with Crippen LogP contribution in [0.1, 0.15) is 19.8 Å². The van der Waals surface area contributed by atoms with Crippen molar-refractivity contribution < 1.29 is 19.4 Å². The van der Waals surface area contributed by atoms with Gasteiger partial charge in [-0.1, -0.05) is 30.1 Å². The number of benzene rings is 1. The molecule has 0 spiro atoms. The molecule has 0 saturated carbocycles. The number of hydrogen-bond acceptors (Lipinski definition) is 3. The van der Waals surface area contributed by atoms with Crippen LogP contribution in [0.3, 0.4) is 0 Å². The fourth-order valence-corrected chi connectivity index (χ4v) is 2.15. The first-order chi connectivity index (χ1) is 9.93. The largest absolute Gasteiger partial charge is 0.482 e. The Hall–Kier alpha value is -1.46. The van der Waals surface area contributed by atoms with Crippen molar-refractivity contribution in [2.45, 2.75) is 19.8 Å². The third-order valence-corrected chi connectivity index (χ3v) is 3.22. The van der Waals surface area contributed by atoms with Crippen LogP contribution in [0, 0.1) is 0 Å². The van der Waals surface area contributed by atoms with Gasteiger partial charge >= 0.3 is 5.97 Å². The molecule has 0 aliphatic carbocycles. The molecule has 0 aliphatic rings. The van der Waals surface area contributed by atoms with Gasteiger partial charge < -0.3 is 14.7 Å². The molecule has 0 atom stereocenters. The SMILES string of the molecule is CCCN(CCC(=O)O)C(=O)COc1ccc(Cl)cc1Cl. The summed E-state index contributed by atoms with van der Waals surface area (Å²) in [6.07, 6.45) is 0.653. The second-order valence-corrected chi connectivity index (χ2v) is 5.23. The number of carboxylic acid groups (broad SMARTS) is 1. The van der Waals surface area contributed by atoms with Gasteiger partial charge in [-0.15, -0.1) is 0 Å². The Morgan fingerprint density at radius 2 is 2.00 bits per heavy atom. The van der Waals surface area contributed by atoms with Gasteiger partial charge in [0.2, 0.25) is 0 Å². The number of ether oxygens (including phenoxy) is 1. The van der Waals surface area contributed by atoms with Crippen LogP contribution in [0.15, 0.2) is 18.2 Å². The number of rotatable bonds is 8. The molecule has 0 radical (unpaired) electrons. The van der Waals surface area contributed by atoms with E-state index in [1.807, 2.05) is 6.92 Å². The van der Waals surface area contributed by atoms with Crippen LogP contribution in [0.2, 0.25) is 10.0 Å². The van der Waals surface area contributed by atoms with E-state index in [2.05, 4.69) is 0 Å². The standard InChI is InChI=1S/C14H17Cl2NO4/c1-2-6-17(7-5-14(19)20)13(18)9-21-12-4-3-10(15)8-11(12)16/h3-4,8H,2,5-7,9H2,1H3,(H,19,20). The number of halogens is 2. The van der Waals surface area contributed by atoms with Crippen molar-refractivity contribution in [3.63, 3.8) is 0 Å². The molecular weight excluding hydrogens is 317 g/mol. The van der Waals surface area contributed by atoms with Gasteiger partial charge in [-0.3, -0.25) is 9.59 Å². The predicted octanol–water partition coefficient (Wildman–Crippen LogP) is 3.09. The molecule has 5 nitrogen and oxygen atoms in total. The number of carbonyl (C=O) groups is 2. The highest BCUT2D eigenvalue weighted by Crippen LogP contribution is 2.27. The first kappa shape index (κ1) is 17.6. The van der Waals surface area contributed by atoms with Gasteiger partial charge in [0.05, 0.1) is 11.4 Å². The monoisotopic (exact) mass is 333 g/mol. The molecule has 7 heteroatoms. The summed E-state index contributed by atoms with van der Waals surface area (Å²) >= 11 is 11.7. The number of amides is 1. The third-order valence-electron chi connectivity index (χ3n) is 2.69. The lowest BCUT2D eigenvalue weighted by molar-refractivity contribution is -0.139. The first-order valence-electron chi connectivity index (χ1n) is 6.51. The molecule has 1 N–H and O–H groups in total. The van der Waals surface area contributed by atoms with Crippen LogP contribution in [0.4, 0.5) is 0 Å². The highest BCUT2D eigenvalue weighted by molar-refractivity contribution is 6.35. The summed E-state index contributed by atoms with van der Waals surface area (Å²) in [5.41, 5.74) is 0. The summed E-state index contributed by atoms with van der Waals surface area (Å²) in [5, 5.41) is 9.48. The normalized spacial score (nSPS) is 10.2. The Balaban J connectivity index is 2.58. The maximum absolute atomic E-state index is 12.0. The van der Waals surface area contributed by atoms with Crippen LogP contribution < -0.4 is 4.74 Å². The van der Waals surface area contributed by atoms with Crippen molar-refractivity contribution in [3.8, 4) is 5.75 Å². The number of nitrogens with zero attached hydrogens (tertiary/aromatic N) is 1. The molecule has 1 rings (SSSR count). The zero-order valence-corrected chi connectivity index (χ0v) is 13.2. The first-order valence-corrected chi connectivity index (χ1v) is 7.27. The van der Waals surface area contributed by atoms with E-state index < -0.39 is 5.97 Å². The van der Waals surface area contributed by atoms with E-state index in [-0.39, 0.29) is 25.5 Å². The van der Waals surface area contributed by atoms with E-state index in [4.69, 9.17) is 33.0 Å². The van der Waals surface area contributed by atoms with Gasteiger partial charge in [-0.2, -0.15) is 0 Å². The van der Waals surface area contributed by atoms with Crippen LogP contribution in [-0.4, -0.2) is 41.6 Å². The van der Waals surface area contributed by atoms with Crippen LogP contribution in [0.25, 0.3) is 0 Å². The van der Waals surface area contributed by atoms with Crippen molar-refractivity contribution in [1.82, 2.24) is 4.90 Å². The third kappa shape index (κ3) is 6.23. The molecular formula is C14H17Cl2NO4. The maximum Gasteiger partial charge on any atom is 0.305 e. The topological polar surface area (TPSA) is 66.8 Å². The Morgan fingerprint density at radius 1 is 1.29 bits per heavy atom. The van der Waals surface area contributed by atoms with Crippen molar-refractivity contribution in [1.29, 1.82) is 0 Å². The molecule has 0 aromatic heterocycles. The molecule has 0 unspecified atom stereocenters. The van der Waals surface area contributed by atoms with E-state index in [9.17, 15) is 9.59 Å². The van der Waals surface area contributed by atoms with Gasteiger partial charge in [0, 0.05) is 18.1 Å². The Labute approximate surface area is 133 Å². The summed E-state index contributed by atoms with van der Waals surface area (Å²) in [4.78, 5) is 24.1. The summed E-state index contributed by atoms with van der Waals surface area (Å²) < 4.78 is 5.36. The number of aliphatic carboxylic acids is 1. The van der Waals surface area contributed by atoms with Crippen LogP contribution in [-0.2, 0) is 9.59 Å². The molecule has 1 amide bonds. The van der Waals surface area contributed by atoms with Crippen molar-refractivity contribution in [2.75, 3.05) is 19.7 Å². The molecule has 1 aromatic carbocycles. The van der Waals surface area contributed by atoms with Crippen molar-refractivity contribution in [3.05, 3.63) is 28.2 Å². The van der Waals surface area contributed by atoms with Crippen LogP contribution >= 0.6 is 23.2 Å². The zero-order valence-electron chi connectivity index (χ0n) is 11.6. The molecule has 0 heterocycles. The summed E-state index contributed by atoms with van der Waals surface area (Å²) in [6, 6.07) is 4.72. The minimum atomic E-state index is -0.939. The smallest absolute Gasteiger partial charge is 0.305 e. The molecule has 21 heavy (non-hydrogen) atoms. The Morgan fingerprint density at radius 3 is 2.57 bits per heavy atom. The number of hydrogen-bond donors (Lipinski definition) is 1. The number of carbonyl (C=O) groups excluding carboxylic acids is 1. The van der Waals surface area contributed by atoms with Crippen molar-refractivity contribution >= 4 is 35.1 Å². The van der Waals surface area contributed by atoms with E-state index >= 15 is 0 Å². The summed E-state index contributed by atoms with van der Waals surface area (Å²) in [6.45, 7) is 2.38. The second-order valence-electron chi connectivity index (χ2n) is 4.39. The average molecular weight is 334 g/mol. The Kier molecular flexibility index (Phi) is 7.32. The highest BCUT2D eigenvalue weighted by Gasteiger charge is 2.15. The average Bonchev–Trinajstić information content (AvgIpc) is 2.42. The van der Waals surface area contributed by atoms with E-state index in [0.29, 0.717) is 22.3 Å². The minimum absolute atomic E-state index is 0.0898. The van der Waals surface area contributed by atoms with Gasteiger partial charge in [0.15, 0.2) is 6.61 Å². The summed E-state index contributed by atoms with van der Waals surface area (Å²) in [7, 11) is 0. The van der Waals surface area contributed by atoms with Crippen LogP contribution in [0.5, 0.6) is 5.75 Å². The molecule has 0 bridgehead atoms. The van der Waals surface area contributed by atoms with Gasteiger partial charge in [0.25, 0.3) is 5.91 Å². The molecule has 116 valence electrons. The maximum atomic E-state index is 12.0. The van der Waals surface area contributed by atoms with Gasteiger partial charge in [0.1, 0.15) is 5.75 Å². The van der Waals surface area contributed by atoms with Gasteiger partial charge in [-0.25, -0.2) is 0 Å². The fraction of sp³-hybridized carbons (Fsp3) is 0.429. The van der Waals surface area contributed by atoms with Crippen molar-refractivity contribution in [2.24, 2.45) is 0 Å². The Bertz CT molecular complexity index is 508. The fourth-order valence-electron chi connectivity index (χ4n) is 1.68. The lowest BCUT2D eigenvalue weighted by Crippen LogP contribution is -2.37. The molecule has 0 aliphatic heterocycles. The quantitative estimate of drug-likeness (QED) is 0.793. The lowest BCUT2D eigenvalue weighted by Gasteiger charge is -2.21.